The number of allylic oxidation sites excluding steroid dienone is 1. The molecule has 0 amide bonds. The first kappa shape index (κ1) is 11.8. The summed E-state index contributed by atoms with van der Waals surface area (Å²) in [4.78, 5) is 0. The maximum Gasteiger partial charge on any atom is 0.130 e. The summed E-state index contributed by atoms with van der Waals surface area (Å²) in [5, 5.41) is 0. The molecule has 1 aromatic rings. The van der Waals surface area contributed by atoms with Crippen molar-refractivity contribution >= 4 is 0 Å². The van der Waals surface area contributed by atoms with E-state index in [-0.39, 0.29) is 35.0 Å². The first-order valence-corrected chi connectivity index (χ1v) is 3.36. The van der Waals surface area contributed by atoms with E-state index in [1.165, 1.54) is 5.56 Å². The Labute approximate surface area is 94.0 Å². The number of para-hydroxylation sites is 1. The summed E-state index contributed by atoms with van der Waals surface area (Å²) >= 11 is 0. The van der Waals surface area contributed by atoms with Gasteiger partial charge in [0, 0.05) is 35.0 Å². The van der Waals surface area contributed by atoms with Crippen LogP contribution < -0.4 is 4.74 Å². The van der Waals surface area contributed by atoms with Gasteiger partial charge in [-0.3, -0.25) is 0 Å². The fourth-order valence-electron chi connectivity index (χ4n) is 1.08. The molecule has 0 saturated heterocycles. The van der Waals surface area contributed by atoms with Crippen LogP contribution in [-0.2, 0) is 41.5 Å². The van der Waals surface area contributed by atoms with Gasteiger partial charge in [0.1, 0.15) is 5.75 Å². The van der Waals surface area contributed by atoms with E-state index in [1.54, 1.807) is 6.26 Å². The molecule has 1 aliphatic heterocycles. The number of benzene rings is 1. The van der Waals surface area contributed by atoms with Crippen LogP contribution in [0.15, 0.2) is 36.6 Å². The molecule has 3 heteroatoms. The standard InChI is InChI=1S/C9H8O.Ni.V/c1-2-6-9-8(4-1)5-3-7-10-9;;/h1-4,6-7H,5H2;;. The second kappa shape index (κ2) is 5.48. The van der Waals surface area contributed by atoms with Crippen molar-refractivity contribution in [3.8, 4) is 5.75 Å². The van der Waals surface area contributed by atoms with E-state index < -0.39 is 0 Å². The maximum absolute atomic E-state index is 5.24. The summed E-state index contributed by atoms with van der Waals surface area (Å²) in [5.41, 5.74) is 1.27. The molecule has 12 heavy (non-hydrogen) atoms. The predicted molar refractivity (Wildman–Crippen MR) is 39.9 cm³/mol. The first-order chi connectivity index (χ1) is 4.97. The average Bonchev–Trinajstić information content (AvgIpc) is 2.05. The van der Waals surface area contributed by atoms with Crippen LogP contribution in [0.5, 0.6) is 5.75 Å². The Kier molecular flexibility index (Phi) is 5.40. The molecule has 0 aliphatic carbocycles. The zero-order valence-electron chi connectivity index (χ0n) is 6.34. The molecule has 0 unspecified atom stereocenters. The maximum atomic E-state index is 5.24. The third-order valence-electron chi connectivity index (χ3n) is 1.60. The first-order valence-electron chi connectivity index (χ1n) is 3.36. The summed E-state index contributed by atoms with van der Waals surface area (Å²) in [6.07, 6.45) is 4.75. The molecule has 1 aromatic carbocycles. The van der Waals surface area contributed by atoms with Gasteiger partial charge in [0.05, 0.1) is 6.26 Å². The molecule has 0 bridgehead atoms. The summed E-state index contributed by atoms with van der Waals surface area (Å²) in [6, 6.07) is 8.08. The number of fused-ring (bicyclic) bond motifs is 1. The van der Waals surface area contributed by atoms with Crippen LogP contribution in [0.25, 0.3) is 0 Å². The van der Waals surface area contributed by atoms with E-state index in [0.29, 0.717) is 0 Å². The predicted octanol–water partition coefficient (Wildman–Crippen LogP) is 2.13. The Balaban J connectivity index is 0.000000605. The van der Waals surface area contributed by atoms with E-state index in [2.05, 4.69) is 6.07 Å². The van der Waals surface area contributed by atoms with Crippen molar-refractivity contribution in [2.75, 3.05) is 0 Å². The summed E-state index contributed by atoms with van der Waals surface area (Å²) in [6.45, 7) is 0. The van der Waals surface area contributed by atoms with Gasteiger partial charge in [-0.1, -0.05) is 18.2 Å². The number of hydrogen-bond donors (Lipinski definition) is 0. The SMILES string of the molecule is C1=COc2ccccc2C1.[Ni].[V]. The van der Waals surface area contributed by atoms with E-state index >= 15 is 0 Å². The van der Waals surface area contributed by atoms with E-state index in [9.17, 15) is 0 Å². The molecule has 0 fully saturated rings. The van der Waals surface area contributed by atoms with Crippen molar-refractivity contribution < 1.29 is 39.8 Å². The fourth-order valence-corrected chi connectivity index (χ4v) is 1.08. The molecular formula is C9H8NiOV. The zero-order valence-corrected chi connectivity index (χ0v) is 8.73. The van der Waals surface area contributed by atoms with Crippen LogP contribution in [0.4, 0.5) is 0 Å². The largest absolute Gasteiger partial charge is 0.465 e. The molecule has 1 heterocycles. The topological polar surface area (TPSA) is 9.23 Å². The van der Waals surface area contributed by atoms with Crippen molar-refractivity contribution in [3.63, 3.8) is 0 Å². The Hall–Kier alpha value is -0.162. The van der Waals surface area contributed by atoms with Crippen LogP contribution >= 0.6 is 0 Å². The van der Waals surface area contributed by atoms with Gasteiger partial charge in [0.15, 0.2) is 0 Å². The number of rotatable bonds is 0. The Morgan fingerprint density at radius 2 is 1.92 bits per heavy atom. The monoisotopic (exact) mass is 241 g/mol. The smallest absolute Gasteiger partial charge is 0.130 e. The molecule has 65 valence electrons. The minimum atomic E-state index is 0. The number of ether oxygens (including phenoxy) is 1. The minimum Gasteiger partial charge on any atom is -0.465 e. The van der Waals surface area contributed by atoms with Gasteiger partial charge in [-0.15, -0.1) is 0 Å². The molecule has 0 saturated carbocycles. The van der Waals surface area contributed by atoms with Gasteiger partial charge in [-0.05, 0) is 24.1 Å². The van der Waals surface area contributed by atoms with Crippen molar-refractivity contribution in [2.45, 2.75) is 6.42 Å². The van der Waals surface area contributed by atoms with Crippen LogP contribution in [0.3, 0.4) is 0 Å². The van der Waals surface area contributed by atoms with Gasteiger partial charge < -0.3 is 4.74 Å². The van der Waals surface area contributed by atoms with E-state index in [4.69, 9.17) is 4.74 Å². The van der Waals surface area contributed by atoms with Gasteiger partial charge in [-0.25, -0.2) is 0 Å². The van der Waals surface area contributed by atoms with Crippen LogP contribution in [0, 0.1) is 0 Å². The Morgan fingerprint density at radius 1 is 1.17 bits per heavy atom. The summed E-state index contributed by atoms with van der Waals surface area (Å²) < 4.78 is 5.24. The molecular weight excluding hydrogens is 234 g/mol. The van der Waals surface area contributed by atoms with Gasteiger partial charge in [0.25, 0.3) is 0 Å². The van der Waals surface area contributed by atoms with Crippen molar-refractivity contribution in [2.24, 2.45) is 0 Å². The quantitative estimate of drug-likeness (QED) is 0.633. The second-order valence-corrected chi connectivity index (χ2v) is 2.30. The van der Waals surface area contributed by atoms with Gasteiger partial charge in [0.2, 0.25) is 0 Å². The van der Waals surface area contributed by atoms with Crippen molar-refractivity contribution in [3.05, 3.63) is 42.2 Å². The normalized spacial score (nSPS) is 11.7. The Bertz CT molecular complexity index is 246. The molecule has 0 atom stereocenters. The van der Waals surface area contributed by atoms with Crippen molar-refractivity contribution in [1.82, 2.24) is 0 Å². The van der Waals surface area contributed by atoms with Crippen LogP contribution in [-0.4, -0.2) is 0 Å². The van der Waals surface area contributed by atoms with Crippen molar-refractivity contribution in [1.29, 1.82) is 0 Å². The van der Waals surface area contributed by atoms with E-state index in [1.807, 2.05) is 24.3 Å². The number of hydrogen-bond acceptors (Lipinski definition) is 1. The fraction of sp³-hybridized carbons (Fsp3) is 0.111. The molecule has 0 N–H and O–H groups in total. The van der Waals surface area contributed by atoms with Gasteiger partial charge in [-0.2, -0.15) is 0 Å². The minimum absolute atomic E-state index is 0. The Morgan fingerprint density at radius 3 is 2.67 bits per heavy atom. The summed E-state index contributed by atoms with van der Waals surface area (Å²) in [7, 11) is 0. The van der Waals surface area contributed by atoms with Crippen LogP contribution in [0.1, 0.15) is 5.56 Å². The molecule has 1 radical (unpaired) electrons. The molecule has 0 aromatic heterocycles. The summed E-state index contributed by atoms with van der Waals surface area (Å²) in [5.74, 6) is 0.991. The molecule has 0 spiro atoms. The van der Waals surface area contributed by atoms with Crippen LogP contribution in [0.2, 0.25) is 0 Å². The molecule has 1 nitrogen and oxygen atoms in total. The zero-order chi connectivity index (χ0) is 6.81. The van der Waals surface area contributed by atoms with E-state index in [0.717, 1.165) is 12.2 Å². The third-order valence-corrected chi connectivity index (χ3v) is 1.60. The molecule has 2 rings (SSSR count). The second-order valence-electron chi connectivity index (χ2n) is 2.30. The van der Waals surface area contributed by atoms with Gasteiger partial charge >= 0.3 is 0 Å². The average molecular weight is 242 g/mol. The third kappa shape index (κ3) is 2.41. The molecule has 1 aliphatic rings.